The number of hydrogen-bond acceptors (Lipinski definition) is 5. The minimum absolute atomic E-state index is 0. The monoisotopic (exact) mass is 513 g/mol. The molecule has 22 heavy (non-hydrogen) atoms. The van der Waals surface area contributed by atoms with E-state index in [-0.39, 0.29) is 43.6 Å². The number of amides is 1. The van der Waals surface area contributed by atoms with Gasteiger partial charge in [-0.15, -0.1) is 5.75 Å². The molecule has 125 valence electrons. The molecule has 2 rings (SSSR count). The van der Waals surface area contributed by atoms with Crippen LogP contribution >= 0.6 is 11.8 Å². The number of hydrogen-bond donors (Lipinski definition) is 2. The maximum atomic E-state index is 11.7. The standard InChI is InChI=1S/C14H20N2O2S2.O.Re/c17-11-1-2-12-10(7-11)3-4-15-13(12)8-16-14(18)9-20-6-5-19;;/h1-2,7,13,15,17,19H,3-6,8-9H2,(H,16,18);;/q;-2;/p-2/t13-;;/m0../s1. The first-order valence-corrected chi connectivity index (χ1v) is 8.39. The molecule has 0 saturated heterocycles. The van der Waals surface area contributed by atoms with Crippen LogP contribution < -0.4 is 15.7 Å². The van der Waals surface area contributed by atoms with Gasteiger partial charge in [0, 0.05) is 33.0 Å². The quantitative estimate of drug-likeness (QED) is 0.420. The van der Waals surface area contributed by atoms with Gasteiger partial charge < -0.3 is 33.8 Å². The van der Waals surface area contributed by atoms with E-state index in [1.165, 1.54) is 0 Å². The van der Waals surface area contributed by atoms with Gasteiger partial charge in [-0.3, -0.25) is 4.79 Å². The van der Waals surface area contributed by atoms with Crippen molar-refractivity contribution in [3.63, 3.8) is 0 Å². The number of benzene rings is 1. The second-order valence-electron chi connectivity index (χ2n) is 4.68. The number of thioether (sulfide) groups is 1. The van der Waals surface area contributed by atoms with Crippen molar-refractivity contribution < 1.29 is 35.8 Å². The molecule has 1 aromatic rings. The molecule has 0 fully saturated rings. The van der Waals surface area contributed by atoms with E-state index in [0.29, 0.717) is 18.1 Å². The number of fused-ring (bicyclic) bond motifs is 1. The van der Waals surface area contributed by atoms with Crippen LogP contribution in [-0.2, 0) is 49.7 Å². The van der Waals surface area contributed by atoms with E-state index in [2.05, 4.69) is 10.6 Å². The van der Waals surface area contributed by atoms with E-state index >= 15 is 0 Å². The normalized spacial score (nSPS) is 16.0. The zero-order valence-electron chi connectivity index (χ0n) is 12.0. The molecule has 1 radical (unpaired) electrons. The Hall–Kier alpha value is -0.228. The molecule has 0 bridgehead atoms. The molecular formula is C14H18N2O3ReS2-4. The molecule has 0 unspecified atom stereocenters. The fourth-order valence-electron chi connectivity index (χ4n) is 2.30. The van der Waals surface area contributed by atoms with Crippen LogP contribution in [0.1, 0.15) is 17.2 Å². The molecule has 0 spiro atoms. The molecule has 1 aliphatic heterocycles. The second kappa shape index (κ2) is 11.3. The summed E-state index contributed by atoms with van der Waals surface area (Å²) in [6.45, 7) is 1.39. The zero-order valence-corrected chi connectivity index (χ0v) is 16.3. The van der Waals surface area contributed by atoms with Crippen LogP contribution in [0.25, 0.3) is 0 Å². The molecule has 5 nitrogen and oxygen atoms in total. The van der Waals surface area contributed by atoms with Crippen molar-refractivity contribution in [3.05, 3.63) is 29.3 Å². The van der Waals surface area contributed by atoms with Gasteiger partial charge in [-0.1, -0.05) is 18.2 Å². The topological polar surface area (TPSA) is 92.7 Å². The summed E-state index contributed by atoms with van der Waals surface area (Å²) in [5.74, 6) is 2.05. The fraction of sp³-hybridized carbons (Fsp3) is 0.500. The maximum absolute atomic E-state index is 11.7. The van der Waals surface area contributed by atoms with Crippen molar-refractivity contribution >= 4 is 30.3 Å². The molecule has 1 heterocycles. The predicted molar refractivity (Wildman–Crippen MR) is 83.6 cm³/mol. The van der Waals surface area contributed by atoms with E-state index in [9.17, 15) is 9.90 Å². The van der Waals surface area contributed by atoms with Crippen LogP contribution in [0.5, 0.6) is 5.75 Å². The second-order valence-corrected chi connectivity index (χ2v) is 6.19. The Morgan fingerprint density at radius 1 is 1.50 bits per heavy atom. The molecular weight excluding hydrogens is 495 g/mol. The molecule has 8 heteroatoms. The number of carbonyl (C=O) groups excluding carboxylic acids is 1. The summed E-state index contributed by atoms with van der Waals surface area (Å²) in [4.78, 5) is 11.7. The molecule has 1 aromatic carbocycles. The van der Waals surface area contributed by atoms with Crippen molar-refractivity contribution in [1.29, 1.82) is 0 Å². The van der Waals surface area contributed by atoms with E-state index in [0.717, 1.165) is 29.8 Å². The predicted octanol–water partition coefficient (Wildman–Crippen LogP) is 0.222. The van der Waals surface area contributed by atoms with Crippen LogP contribution in [0.2, 0.25) is 0 Å². The molecule has 1 atom stereocenters. The van der Waals surface area contributed by atoms with E-state index in [4.69, 9.17) is 12.6 Å². The van der Waals surface area contributed by atoms with Gasteiger partial charge in [0.25, 0.3) is 0 Å². The van der Waals surface area contributed by atoms with Crippen molar-refractivity contribution in [2.24, 2.45) is 0 Å². The third-order valence-electron chi connectivity index (χ3n) is 3.24. The summed E-state index contributed by atoms with van der Waals surface area (Å²) < 4.78 is 0. The largest absolute Gasteiger partial charge is 2.00 e. The van der Waals surface area contributed by atoms with Crippen LogP contribution in [0.15, 0.2) is 18.2 Å². The summed E-state index contributed by atoms with van der Waals surface area (Å²) in [5.41, 5.74) is 2.21. The Morgan fingerprint density at radius 3 is 3.00 bits per heavy atom. The first-order chi connectivity index (χ1) is 9.70. The smallest absolute Gasteiger partial charge is 0.230 e. The average Bonchev–Trinajstić information content (AvgIpc) is 2.45. The number of carbonyl (C=O) groups is 1. The number of nitrogens with one attached hydrogen (secondary N) is 2. The fourth-order valence-corrected chi connectivity index (χ4v) is 3.21. The molecule has 0 aromatic heterocycles. The Kier molecular flexibility index (Phi) is 11.2. The van der Waals surface area contributed by atoms with Crippen molar-refractivity contribution in [1.82, 2.24) is 10.6 Å². The Balaban J connectivity index is 0.00000220. The summed E-state index contributed by atoms with van der Waals surface area (Å²) >= 11 is 6.39. The van der Waals surface area contributed by atoms with Gasteiger partial charge in [0.1, 0.15) is 0 Å². The number of rotatable bonds is 6. The third-order valence-corrected chi connectivity index (χ3v) is 4.66. The average molecular weight is 513 g/mol. The summed E-state index contributed by atoms with van der Waals surface area (Å²) in [6, 6.07) is 5.24. The van der Waals surface area contributed by atoms with Gasteiger partial charge in [-0.25, -0.2) is 0 Å². The van der Waals surface area contributed by atoms with Crippen LogP contribution in [-0.4, -0.2) is 36.3 Å². The van der Waals surface area contributed by atoms with Crippen molar-refractivity contribution in [2.45, 2.75) is 12.5 Å². The van der Waals surface area contributed by atoms with Crippen molar-refractivity contribution in [2.75, 3.05) is 30.3 Å². The van der Waals surface area contributed by atoms with Crippen LogP contribution in [0.3, 0.4) is 0 Å². The Labute approximate surface area is 154 Å². The summed E-state index contributed by atoms with van der Waals surface area (Å²) in [6.07, 6.45) is 0.866. The van der Waals surface area contributed by atoms with E-state index in [1.54, 1.807) is 23.9 Å². The Morgan fingerprint density at radius 2 is 2.27 bits per heavy atom. The van der Waals surface area contributed by atoms with Crippen molar-refractivity contribution in [3.8, 4) is 5.75 Å². The van der Waals surface area contributed by atoms with E-state index < -0.39 is 0 Å². The zero-order chi connectivity index (χ0) is 14.4. The van der Waals surface area contributed by atoms with Gasteiger partial charge in [0.05, 0.1) is 5.75 Å². The molecule has 0 aliphatic carbocycles. The molecule has 1 aliphatic rings. The molecule has 0 saturated carbocycles. The summed E-state index contributed by atoms with van der Waals surface area (Å²) in [7, 11) is 0. The van der Waals surface area contributed by atoms with Gasteiger partial charge in [0.2, 0.25) is 5.91 Å². The van der Waals surface area contributed by atoms with Crippen LogP contribution in [0.4, 0.5) is 0 Å². The first kappa shape index (κ1) is 21.8. The first-order valence-electron chi connectivity index (χ1n) is 6.66. The third kappa shape index (κ3) is 6.49. The van der Waals surface area contributed by atoms with Crippen LogP contribution in [0, 0.1) is 0 Å². The van der Waals surface area contributed by atoms with Gasteiger partial charge in [-0.2, -0.15) is 17.5 Å². The maximum Gasteiger partial charge on any atom is 0.230 e. The van der Waals surface area contributed by atoms with Gasteiger partial charge in [-0.05, 0) is 29.8 Å². The SMILES string of the molecule is O=C(CSCC[S-])NC[C@@H]1NCCc2cc([O-])ccc21.[O-2].[Re]. The van der Waals surface area contributed by atoms with Gasteiger partial charge in [0.15, 0.2) is 0 Å². The minimum Gasteiger partial charge on any atom is -2.00 e. The van der Waals surface area contributed by atoms with Gasteiger partial charge >= 0.3 is 0 Å². The Bertz CT molecular complexity index is 477. The minimum atomic E-state index is 0. The van der Waals surface area contributed by atoms with E-state index in [1.807, 2.05) is 6.07 Å². The molecule has 1 amide bonds. The molecule has 2 N–H and O–H groups in total. The summed E-state index contributed by atoms with van der Waals surface area (Å²) in [5, 5.41) is 17.7.